The second-order valence-corrected chi connectivity index (χ2v) is 4.62. The fourth-order valence-corrected chi connectivity index (χ4v) is 2.32. The third-order valence-corrected chi connectivity index (χ3v) is 3.26. The van der Waals surface area contributed by atoms with Crippen molar-refractivity contribution in [1.29, 1.82) is 0 Å². The van der Waals surface area contributed by atoms with Crippen LogP contribution in [0.25, 0.3) is 0 Å². The van der Waals surface area contributed by atoms with Crippen LogP contribution < -0.4 is 5.32 Å². The van der Waals surface area contributed by atoms with Gasteiger partial charge >= 0.3 is 5.97 Å². The quantitative estimate of drug-likeness (QED) is 0.386. The maximum absolute atomic E-state index is 11.8. The summed E-state index contributed by atoms with van der Waals surface area (Å²) >= 11 is 0. The fraction of sp³-hybridized carbons (Fsp3) is 0.714. The Morgan fingerprint density at radius 3 is 3.11 bits per heavy atom. The molecule has 0 aliphatic carbocycles. The predicted molar refractivity (Wildman–Crippen MR) is 73.7 cm³/mol. The summed E-state index contributed by atoms with van der Waals surface area (Å²) in [6, 6.07) is 0.249. The van der Waals surface area contributed by atoms with Crippen LogP contribution in [0.15, 0.2) is 12.7 Å². The molecule has 0 spiro atoms. The number of esters is 1. The van der Waals surface area contributed by atoms with Gasteiger partial charge in [-0.2, -0.15) is 0 Å². The number of carbonyl (C=O) groups is 2. The highest BCUT2D eigenvalue weighted by molar-refractivity contribution is 5.79. The molecule has 0 aromatic carbocycles. The Hall–Kier alpha value is -1.36. The number of nitrogens with zero attached hydrogens (tertiary/aromatic N) is 1. The van der Waals surface area contributed by atoms with Gasteiger partial charge in [-0.05, 0) is 26.3 Å². The molecular weight excluding hydrogens is 244 g/mol. The van der Waals surface area contributed by atoms with Crippen LogP contribution in [-0.4, -0.2) is 49.1 Å². The van der Waals surface area contributed by atoms with E-state index in [2.05, 4.69) is 11.9 Å². The van der Waals surface area contributed by atoms with E-state index < -0.39 is 0 Å². The molecule has 1 amide bonds. The minimum absolute atomic E-state index is 0.151. The van der Waals surface area contributed by atoms with Gasteiger partial charge < -0.3 is 15.0 Å². The topological polar surface area (TPSA) is 58.6 Å². The Kier molecular flexibility index (Phi) is 7.18. The van der Waals surface area contributed by atoms with Crippen LogP contribution in [-0.2, 0) is 14.3 Å². The molecule has 1 aliphatic heterocycles. The van der Waals surface area contributed by atoms with Crippen molar-refractivity contribution < 1.29 is 14.3 Å². The van der Waals surface area contributed by atoms with Crippen molar-refractivity contribution in [2.45, 2.75) is 38.6 Å². The molecule has 1 heterocycles. The first-order valence-corrected chi connectivity index (χ1v) is 6.95. The van der Waals surface area contributed by atoms with E-state index in [-0.39, 0.29) is 24.3 Å². The molecule has 108 valence electrons. The van der Waals surface area contributed by atoms with Crippen LogP contribution in [0.1, 0.15) is 32.6 Å². The van der Waals surface area contributed by atoms with E-state index in [0.29, 0.717) is 19.6 Å². The van der Waals surface area contributed by atoms with Crippen molar-refractivity contribution in [1.82, 2.24) is 10.2 Å². The zero-order valence-corrected chi connectivity index (χ0v) is 11.7. The van der Waals surface area contributed by atoms with Gasteiger partial charge in [-0.3, -0.25) is 9.59 Å². The lowest BCUT2D eigenvalue weighted by molar-refractivity contribution is -0.144. The molecular formula is C14H24N2O3. The highest BCUT2D eigenvalue weighted by atomic mass is 16.5. The average Bonchev–Trinajstić information content (AvgIpc) is 2.73. The van der Waals surface area contributed by atoms with Gasteiger partial charge in [-0.1, -0.05) is 6.08 Å². The lowest BCUT2D eigenvalue weighted by Gasteiger charge is -2.24. The molecule has 5 heteroatoms. The second-order valence-electron chi connectivity index (χ2n) is 4.62. The average molecular weight is 268 g/mol. The van der Waals surface area contributed by atoms with E-state index in [1.807, 2.05) is 11.0 Å². The number of ether oxygens (including phenoxy) is 1. The molecule has 0 bridgehead atoms. The van der Waals surface area contributed by atoms with Crippen LogP contribution in [0, 0.1) is 0 Å². The number of hydrogen-bond donors (Lipinski definition) is 1. The first-order chi connectivity index (χ1) is 9.19. The highest BCUT2D eigenvalue weighted by Gasteiger charge is 2.30. The molecule has 1 fully saturated rings. The zero-order chi connectivity index (χ0) is 14.1. The Morgan fingerprint density at radius 1 is 1.63 bits per heavy atom. The van der Waals surface area contributed by atoms with Crippen molar-refractivity contribution in [2.24, 2.45) is 0 Å². The number of carbonyl (C=O) groups excluding carboxylic acids is 2. The predicted octanol–water partition coefficient (Wildman–Crippen LogP) is 1.10. The summed E-state index contributed by atoms with van der Waals surface area (Å²) in [6.45, 7) is 7.94. The van der Waals surface area contributed by atoms with Crippen LogP contribution in [0.4, 0.5) is 0 Å². The molecule has 5 nitrogen and oxygen atoms in total. The molecule has 0 radical (unpaired) electrons. The molecule has 0 aromatic rings. The van der Waals surface area contributed by atoms with Gasteiger partial charge in [0.25, 0.3) is 0 Å². The van der Waals surface area contributed by atoms with E-state index in [0.717, 1.165) is 25.9 Å². The van der Waals surface area contributed by atoms with Gasteiger partial charge in [-0.15, -0.1) is 6.58 Å². The smallest absolute Gasteiger partial charge is 0.307 e. The Balaban J connectivity index is 2.32. The van der Waals surface area contributed by atoms with E-state index >= 15 is 0 Å². The summed E-state index contributed by atoms with van der Waals surface area (Å²) in [5.74, 6) is -0.0799. The lowest BCUT2D eigenvalue weighted by atomic mass is 10.1. The van der Waals surface area contributed by atoms with Crippen LogP contribution in [0.3, 0.4) is 0 Å². The van der Waals surface area contributed by atoms with Gasteiger partial charge in [0.2, 0.25) is 5.91 Å². The number of hydrogen-bond acceptors (Lipinski definition) is 4. The largest absolute Gasteiger partial charge is 0.466 e. The lowest BCUT2D eigenvalue weighted by Crippen LogP contribution is -2.36. The number of nitrogens with one attached hydrogen (secondary N) is 1. The van der Waals surface area contributed by atoms with E-state index in [9.17, 15) is 9.59 Å². The SMILES string of the molecule is C=CCNCCC1CCC(=O)N1CCC(=O)OCC. The van der Waals surface area contributed by atoms with Gasteiger partial charge in [0.05, 0.1) is 13.0 Å². The van der Waals surface area contributed by atoms with Gasteiger partial charge in [0.1, 0.15) is 0 Å². The summed E-state index contributed by atoms with van der Waals surface area (Å²) < 4.78 is 4.88. The van der Waals surface area contributed by atoms with Crippen molar-refractivity contribution in [3.8, 4) is 0 Å². The van der Waals surface area contributed by atoms with E-state index in [1.54, 1.807) is 6.92 Å². The van der Waals surface area contributed by atoms with Crippen molar-refractivity contribution in [3.63, 3.8) is 0 Å². The molecule has 1 unspecified atom stereocenters. The number of rotatable bonds is 9. The summed E-state index contributed by atoms with van der Waals surface area (Å²) in [5.41, 5.74) is 0. The number of likely N-dealkylation sites (tertiary alicyclic amines) is 1. The molecule has 1 aliphatic rings. The molecule has 0 aromatic heterocycles. The maximum Gasteiger partial charge on any atom is 0.307 e. The molecule has 1 saturated heterocycles. The third kappa shape index (κ3) is 5.42. The van der Waals surface area contributed by atoms with Gasteiger partial charge in [0.15, 0.2) is 0 Å². The van der Waals surface area contributed by atoms with Crippen molar-refractivity contribution >= 4 is 11.9 Å². The second kappa shape index (κ2) is 8.69. The minimum Gasteiger partial charge on any atom is -0.466 e. The van der Waals surface area contributed by atoms with Crippen LogP contribution in [0.2, 0.25) is 0 Å². The highest BCUT2D eigenvalue weighted by Crippen LogP contribution is 2.21. The Morgan fingerprint density at radius 2 is 2.42 bits per heavy atom. The summed E-state index contributed by atoms with van der Waals surface area (Å²) in [5, 5.41) is 3.23. The standard InChI is InChI=1S/C14H24N2O3/c1-3-9-15-10-7-12-5-6-13(17)16(12)11-8-14(18)19-4-2/h3,12,15H,1,4-11H2,2H3. The molecule has 19 heavy (non-hydrogen) atoms. The molecule has 1 atom stereocenters. The number of amides is 1. The Labute approximate surface area is 115 Å². The summed E-state index contributed by atoms with van der Waals surface area (Å²) in [6.07, 6.45) is 4.50. The van der Waals surface area contributed by atoms with E-state index in [1.165, 1.54) is 0 Å². The van der Waals surface area contributed by atoms with Crippen LogP contribution >= 0.6 is 0 Å². The minimum atomic E-state index is -0.231. The first kappa shape index (κ1) is 15.7. The summed E-state index contributed by atoms with van der Waals surface area (Å²) in [7, 11) is 0. The maximum atomic E-state index is 11.8. The first-order valence-electron chi connectivity index (χ1n) is 6.95. The van der Waals surface area contributed by atoms with Crippen LogP contribution in [0.5, 0.6) is 0 Å². The monoisotopic (exact) mass is 268 g/mol. The van der Waals surface area contributed by atoms with Crippen molar-refractivity contribution in [3.05, 3.63) is 12.7 Å². The van der Waals surface area contributed by atoms with Gasteiger partial charge in [0, 0.05) is 25.6 Å². The zero-order valence-electron chi connectivity index (χ0n) is 11.7. The normalized spacial score (nSPS) is 18.7. The Bertz CT molecular complexity index is 318. The fourth-order valence-electron chi connectivity index (χ4n) is 2.32. The molecule has 1 N–H and O–H groups in total. The molecule has 1 rings (SSSR count). The summed E-state index contributed by atoms with van der Waals surface area (Å²) in [4.78, 5) is 24.9. The van der Waals surface area contributed by atoms with Gasteiger partial charge in [-0.25, -0.2) is 0 Å². The molecule has 0 saturated carbocycles. The third-order valence-electron chi connectivity index (χ3n) is 3.26. The van der Waals surface area contributed by atoms with E-state index in [4.69, 9.17) is 4.74 Å². The van der Waals surface area contributed by atoms with Crippen molar-refractivity contribution in [2.75, 3.05) is 26.2 Å².